The molecule has 2 aliphatic rings. The molecule has 0 fully saturated rings. The van der Waals surface area contributed by atoms with Gasteiger partial charge in [-0.05, 0) is 48.4 Å². The molecule has 0 unspecified atom stereocenters. The molecule has 4 nitrogen and oxygen atoms in total. The van der Waals surface area contributed by atoms with Gasteiger partial charge >= 0.3 is 10.1 Å². The summed E-state index contributed by atoms with van der Waals surface area (Å²) in [5.41, 5.74) is 3.12. The molecule has 1 aromatic carbocycles. The Hall–Kier alpha value is -2.66. The summed E-state index contributed by atoms with van der Waals surface area (Å²) >= 11 is 0. The van der Waals surface area contributed by atoms with Crippen molar-refractivity contribution in [2.75, 3.05) is 0 Å². The second-order valence-corrected chi connectivity index (χ2v) is 6.74. The maximum atomic E-state index is 12.3. The first kappa shape index (κ1) is 15.2. The van der Waals surface area contributed by atoms with Crippen LogP contribution in [0.3, 0.4) is 0 Å². The van der Waals surface area contributed by atoms with Crippen molar-refractivity contribution >= 4 is 16.4 Å². The van der Waals surface area contributed by atoms with Gasteiger partial charge in [-0.1, -0.05) is 35.9 Å². The molecular weight excluding hydrogens is 312 g/mol. The second kappa shape index (κ2) is 5.85. The fourth-order valence-corrected chi connectivity index (χ4v) is 3.22. The molecule has 0 amide bonds. The lowest BCUT2D eigenvalue weighted by atomic mass is 10.1. The summed E-state index contributed by atoms with van der Waals surface area (Å²) in [5, 5.41) is 0. The Labute approximate surface area is 134 Å². The number of hydrogen-bond donors (Lipinski definition) is 0. The van der Waals surface area contributed by atoms with E-state index >= 15 is 0 Å². The van der Waals surface area contributed by atoms with Crippen LogP contribution < -0.4 is 4.18 Å². The maximum absolute atomic E-state index is 12.3. The van der Waals surface area contributed by atoms with Gasteiger partial charge in [0.1, 0.15) is 10.6 Å². The van der Waals surface area contributed by atoms with E-state index in [0.29, 0.717) is 5.56 Å². The first-order valence-corrected chi connectivity index (χ1v) is 8.39. The van der Waals surface area contributed by atoms with Crippen LogP contribution in [0.25, 0.3) is 11.1 Å². The Morgan fingerprint density at radius 3 is 2.22 bits per heavy atom. The lowest BCUT2D eigenvalue weighted by Crippen LogP contribution is -2.09. The molecule has 0 atom stereocenters. The minimum atomic E-state index is -3.89. The average molecular weight is 326 g/mol. The zero-order valence-corrected chi connectivity index (χ0v) is 13.2. The minimum absolute atomic E-state index is 0.0992. The Balaban J connectivity index is 1.96. The van der Waals surface area contributed by atoms with E-state index in [9.17, 15) is 13.2 Å². The van der Waals surface area contributed by atoms with Gasteiger partial charge in [0.15, 0.2) is 6.29 Å². The highest BCUT2D eigenvalue weighted by molar-refractivity contribution is 7.87. The smallest absolute Gasteiger partial charge is 0.339 e. The monoisotopic (exact) mass is 326 g/mol. The van der Waals surface area contributed by atoms with Gasteiger partial charge < -0.3 is 4.18 Å². The van der Waals surface area contributed by atoms with Crippen molar-refractivity contribution in [3.05, 3.63) is 71.8 Å². The van der Waals surface area contributed by atoms with Gasteiger partial charge in [-0.25, -0.2) is 0 Å². The van der Waals surface area contributed by atoms with Crippen LogP contribution in [0.5, 0.6) is 5.75 Å². The topological polar surface area (TPSA) is 60.4 Å². The van der Waals surface area contributed by atoms with Crippen molar-refractivity contribution in [1.29, 1.82) is 0 Å². The lowest BCUT2D eigenvalue weighted by molar-refractivity contribution is 0.112. The Morgan fingerprint density at radius 1 is 0.870 bits per heavy atom. The van der Waals surface area contributed by atoms with Gasteiger partial charge in [-0.3, -0.25) is 4.79 Å². The maximum Gasteiger partial charge on any atom is 0.339 e. The summed E-state index contributed by atoms with van der Waals surface area (Å²) in [6.07, 6.45) is 0.770. The van der Waals surface area contributed by atoms with Crippen LogP contribution in [0.15, 0.2) is 65.6 Å². The predicted molar refractivity (Wildman–Crippen MR) is 87.4 cm³/mol. The molecule has 0 radical (unpaired) electrons. The molecule has 1 aromatic rings. The van der Waals surface area contributed by atoms with Crippen molar-refractivity contribution in [3.63, 3.8) is 0 Å². The highest BCUT2D eigenvalue weighted by Gasteiger charge is 2.16. The van der Waals surface area contributed by atoms with Gasteiger partial charge in [0.2, 0.25) is 0 Å². The number of carbonyl (C=O) groups is 1. The molecule has 0 aliphatic heterocycles. The van der Waals surface area contributed by atoms with Gasteiger partial charge in [0, 0.05) is 5.56 Å². The lowest BCUT2D eigenvalue weighted by Gasteiger charge is -2.05. The van der Waals surface area contributed by atoms with Crippen molar-refractivity contribution in [1.82, 2.24) is 0 Å². The molecule has 116 valence electrons. The number of carbonyl (C=O) groups excluding carboxylic acids is 1. The van der Waals surface area contributed by atoms with Crippen LogP contribution in [0.4, 0.5) is 0 Å². The zero-order valence-electron chi connectivity index (χ0n) is 12.4. The normalized spacial score (nSPS) is 11.3. The summed E-state index contributed by atoms with van der Waals surface area (Å²) in [4.78, 5) is 11.1. The summed E-state index contributed by atoms with van der Waals surface area (Å²) in [7, 11) is -3.89. The second-order valence-electron chi connectivity index (χ2n) is 5.20. The molecule has 0 N–H and O–H groups in total. The molecule has 0 saturated heterocycles. The molecule has 0 bridgehead atoms. The van der Waals surface area contributed by atoms with Gasteiger partial charge in [-0.15, -0.1) is 0 Å². The Kier molecular flexibility index (Phi) is 3.88. The van der Waals surface area contributed by atoms with E-state index in [2.05, 4.69) is 0 Å². The van der Waals surface area contributed by atoms with Crippen LogP contribution in [-0.2, 0) is 10.1 Å². The van der Waals surface area contributed by atoms with E-state index in [4.69, 9.17) is 4.18 Å². The first-order chi connectivity index (χ1) is 11.0. The molecule has 2 aliphatic carbocycles. The van der Waals surface area contributed by atoms with E-state index in [1.807, 2.05) is 6.92 Å². The third-order valence-corrected chi connectivity index (χ3v) is 4.81. The zero-order chi connectivity index (χ0) is 16.4. The number of hydrogen-bond acceptors (Lipinski definition) is 4. The fourth-order valence-electron chi connectivity index (χ4n) is 2.29. The third-order valence-electron chi connectivity index (χ3n) is 3.55. The molecule has 0 heterocycles. The predicted octanol–water partition coefficient (Wildman–Crippen LogP) is 3.68. The molecule has 5 heteroatoms. The van der Waals surface area contributed by atoms with Crippen molar-refractivity contribution in [2.24, 2.45) is 0 Å². The highest BCUT2D eigenvalue weighted by Crippen LogP contribution is 2.28. The standard InChI is InChI=1S/C18H14O4S/c1-13-2-9-17(10-3-13)23(20,21)22-16-7-6-14-4-5-15(12-19)18(14)11-8-16/h2-12H,1H3. The van der Waals surface area contributed by atoms with E-state index < -0.39 is 10.1 Å². The number of rotatable bonds is 4. The van der Waals surface area contributed by atoms with Crippen LogP contribution in [-0.4, -0.2) is 14.7 Å². The number of aldehydes is 1. The van der Waals surface area contributed by atoms with Crippen molar-refractivity contribution in [2.45, 2.75) is 11.8 Å². The number of benzene rings is 1. The van der Waals surface area contributed by atoms with E-state index in [0.717, 1.165) is 23.0 Å². The highest BCUT2D eigenvalue weighted by atomic mass is 32.2. The van der Waals surface area contributed by atoms with Crippen molar-refractivity contribution < 1.29 is 17.4 Å². The van der Waals surface area contributed by atoms with Crippen LogP contribution in [0.1, 0.15) is 15.9 Å². The SMILES string of the molecule is Cc1ccc(S(=O)(=O)Oc2ccc3ccc(C=O)c-3cc2)cc1. The fraction of sp³-hybridized carbons (Fsp3) is 0.0556. The van der Waals surface area contributed by atoms with Gasteiger partial charge in [-0.2, -0.15) is 8.42 Å². The molecule has 0 aromatic heterocycles. The summed E-state index contributed by atoms with van der Waals surface area (Å²) < 4.78 is 29.8. The number of aryl methyl sites for hydroxylation is 1. The van der Waals surface area contributed by atoms with E-state index in [-0.39, 0.29) is 10.6 Å². The van der Waals surface area contributed by atoms with Crippen LogP contribution >= 0.6 is 0 Å². The van der Waals surface area contributed by atoms with Crippen molar-refractivity contribution in [3.8, 4) is 16.9 Å². The van der Waals surface area contributed by atoms with Crippen LogP contribution in [0.2, 0.25) is 0 Å². The van der Waals surface area contributed by atoms with Gasteiger partial charge in [0.25, 0.3) is 0 Å². The molecule has 23 heavy (non-hydrogen) atoms. The first-order valence-electron chi connectivity index (χ1n) is 6.99. The van der Waals surface area contributed by atoms with E-state index in [1.54, 1.807) is 48.5 Å². The Morgan fingerprint density at radius 2 is 1.52 bits per heavy atom. The quantitative estimate of drug-likeness (QED) is 0.542. The van der Waals surface area contributed by atoms with E-state index in [1.165, 1.54) is 12.1 Å². The summed E-state index contributed by atoms with van der Waals surface area (Å²) in [6.45, 7) is 1.88. The Bertz CT molecular complexity index is 928. The largest absolute Gasteiger partial charge is 0.379 e. The molecule has 0 saturated carbocycles. The molecule has 3 rings (SSSR count). The summed E-state index contributed by atoms with van der Waals surface area (Å²) in [5.74, 6) is 0.193. The third kappa shape index (κ3) is 3.10. The number of fused-ring (bicyclic) bond motifs is 1. The molecule has 0 spiro atoms. The average Bonchev–Trinajstić information content (AvgIpc) is 2.82. The summed E-state index contributed by atoms with van der Waals surface area (Å²) in [6, 6.07) is 16.5. The minimum Gasteiger partial charge on any atom is -0.379 e. The van der Waals surface area contributed by atoms with Gasteiger partial charge in [0.05, 0.1) is 0 Å². The van der Waals surface area contributed by atoms with Crippen LogP contribution in [0, 0.1) is 6.92 Å². The molecular formula is C18H14O4S.